The number of hydrogen-bond acceptors (Lipinski definition) is 6. The predicted octanol–water partition coefficient (Wildman–Crippen LogP) is 4.79. The number of hydrogen-bond donors (Lipinski definition) is 1. The van der Waals surface area contributed by atoms with Crippen molar-refractivity contribution in [2.24, 2.45) is 0 Å². The van der Waals surface area contributed by atoms with Crippen LogP contribution in [0.1, 0.15) is 39.2 Å². The van der Waals surface area contributed by atoms with Crippen LogP contribution in [0.25, 0.3) is 0 Å². The second-order valence-corrected chi connectivity index (χ2v) is 8.73. The fourth-order valence-corrected chi connectivity index (χ4v) is 3.62. The lowest BCUT2D eigenvalue weighted by atomic mass is 10.1. The first kappa shape index (κ1) is 27.1. The van der Waals surface area contributed by atoms with E-state index in [1.165, 1.54) is 0 Å². The normalized spacial score (nSPS) is 13.0. The molecule has 1 aromatic heterocycles. The Kier molecular flexibility index (Phi) is 7.07. The van der Waals surface area contributed by atoms with Crippen LogP contribution in [0, 0.1) is 0 Å². The Balaban J connectivity index is 2.63. The van der Waals surface area contributed by atoms with Crippen molar-refractivity contribution >= 4 is 27.4 Å². The zero-order chi connectivity index (χ0) is 26.3. The number of anilines is 1. The largest absolute Gasteiger partial charge is 0.463 e. The Bertz CT molecular complexity index is 1210. The Morgan fingerprint density at radius 3 is 2.09 bits per heavy atom. The van der Waals surface area contributed by atoms with Crippen LogP contribution >= 0.6 is 0 Å². The highest BCUT2D eigenvalue weighted by Gasteiger charge is 2.61. The Morgan fingerprint density at radius 2 is 1.62 bits per heavy atom. The number of amides is 1. The van der Waals surface area contributed by atoms with Crippen molar-refractivity contribution in [1.82, 2.24) is 0 Å². The van der Waals surface area contributed by atoms with Crippen molar-refractivity contribution in [3.05, 3.63) is 46.9 Å². The molecule has 16 heteroatoms. The topological polar surface area (TPSA) is 103 Å². The number of sulfone groups is 1. The van der Waals surface area contributed by atoms with E-state index in [1.54, 1.807) is 5.32 Å². The minimum atomic E-state index is -6.16. The smallest absolute Gasteiger partial charge is 0.461 e. The van der Waals surface area contributed by atoms with Crippen LogP contribution in [-0.2, 0) is 26.7 Å². The molecule has 1 heterocycles. The van der Waals surface area contributed by atoms with Gasteiger partial charge in [0.25, 0.3) is 5.91 Å². The minimum absolute atomic E-state index is 0.0459. The second kappa shape index (κ2) is 8.88. The van der Waals surface area contributed by atoms with Crippen LogP contribution in [0.15, 0.2) is 33.6 Å². The monoisotopic (exact) mass is 523 g/mol. The zero-order valence-electron chi connectivity index (χ0n) is 16.9. The standard InChI is InChI=1S/C18H13F8NO6S/c1-3-34(30,31)11-6-8(17(21,22)23)4-5-9(11)14(28)27-10-7-12(16(19,20)18(24,25)26)33-13(10)15(29)32-2/h4-7H,3H2,1-2H3,(H,27,28). The van der Waals surface area contributed by atoms with Crippen LogP contribution in [0.3, 0.4) is 0 Å². The van der Waals surface area contributed by atoms with E-state index in [-0.39, 0.29) is 12.1 Å². The van der Waals surface area contributed by atoms with Gasteiger partial charge in [0.15, 0.2) is 15.6 Å². The summed E-state index contributed by atoms with van der Waals surface area (Å²) in [4.78, 5) is 23.3. The van der Waals surface area contributed by atoms with Gasteiger partial charge < -0.3 is 14.5 Å². The highest BCUT2D eigenvalue weighted by atomic mass is 32.2. The third-order valence-electron chi connectivity index (χ3n) is 4.29. The summed E-state index contributed by atoms with van der Waals surface area (Å²) >= 11 is 0. The van der Waals surface area contributed by atoms with Gasteiger partial charge in [-0.2, -0.15) is 35.1 Å². The molecule has 0 saturated carbocycles. The van der Waals surface area contributed by atoms with Crippen molar-refractivity contribution in [3.8, 4) is 0 Å². The first-order chi connectivity index (χ1) is 15.4. The number of furan rings is 1. The molecule has 34 heavy (non-hydrogen) atoms. The number of rotatable bonds is 6. The third kappa shape index (κ3) is 5.15. The first-order valence-electron chi connectivity index (χ1n) is 8.79. The maximum Gasteiger partial charge on any atom is 0.461 e. The van der Waals surface area contributed by atoms with Crippen LogP contribution in [-0.4, -0.2) is 39.3 Å². The quantitative estimate of drug-likeness (QED) is 0.432. The predicted molar refractivity (Wildman–Crippen MR) is 97.1 cm³/mol. The van der Waals surface area contributed by atoms with Crippen molar-refractivity contribution in [1.29, 1.82) is 0 Å². The van der Waals surface area contributed by atoms with Gasteiger partial charge in [0.05, 0.1) is 34.6 Å². The van der Waals surface area contributed by atoms with Crippen LogP contribution in [0.4, 0.5) is 40.8 Å². The van der Waals surface area contributed by atoms with Crippen molar-refractivity contribution in [2.75, 3.05) is 18.2 Å². The molecule has 0 bridgehead atoms. The highest BCUT2D eigenvalue weighted by molar-refractivity contribution is 7.91. The van der Waals surface area contributed by atoms with Gasteiger partial charge in [-0.25, -0.2) is 13.2 Å². The van der Waals surface area contributed by atoms with E-state index in [0.717, 1.165) is 6.92 Å². The molecule has 0 aliphatic heterocycles. The van der Waals surface area contributed by atoms with Gasteiger partial charge >= 0.3 is 24.2 Å². The van der Waals surface area contributed by atoms with Gasteiger partial charge in [-0.3, -0.25) is 4.79 Å². The average Bonchev–Trinajstić information content (AvgIpc) is 3.15. The number of ether oxygens (including phenoxy) is 1. The van der Waals surface area contributed by atoms with E-state index in [4.69, 9.17) is 0 Å². The van der Waals surface area contributed by atoms with E-state index in [9.17, 15) is 53.1 Å². The molecule has 1 N–H and O–H groups in total. The van der Waals surface area contributed by atoms with Gasteiger partial charge in [-0.1, -0.05) is 6.92 Å². The number of halogens is 8. The van der Waals surface area contributed by atoms with Crippen molar-refractivity contribution < 1.29 is 62.3 Å². The number of benzene rings is 1. The van der Waals surface area contributed by atoms with Gasteiger partial charge in [0.2, 0.25) is 5.76 Å². The zero-order valence-corrected chi connectivity index (χ0v) is 17.7. The van der Waals surface area contributed by atoms with Crippen molar-refractivity contribution in [2.45, 2.75) is 30.1 Å². The average molecular weight is 523 g/mol. The van der Waals surface area contributed by atoms with Gasteiger partial charge in [-0.05, 0) is 18.2 Å². The lowest BCUT2D eigenvalue weighted by Gasteiger charge is -2.16. The summed E-state index contributed by atoms with van der Waals surface area (Å²) in [5, 5.41) is 1.70. The summed E-state index contributed by atoms with van der Waals surface area (Å²) in [7, 11) is -3.75. The fraction of sp³-hybridized carbons (Fsp3) is 0.333. The molecule has 2 rings (SSSR count). The number of esters is 1. The van der Waals surface area contributed by atoms with Gasteiger partial charge in [0, 0.05) is 6.07 Å². The molecule has 2 aromatic rings. The second-order valence-electron chi connectivity index (χ2n) is 6.48. The van der Waals surface area contributed by atoms with E-state index < -0.39 is 79.0 Å². The number of carbonyl (C=O) groups excluding carboxylic acids is 2. The van der Waals surface area contributed by atoms with Crippen LogP contribution < -0.4 is 5.32 Å². The molecule has 0 aliphatic carbocycles. The summed E-state index contributed by atoms with van der Waals surface area (Å²) < 4.78 is 137. The molecular formula is C18H13F8NO6S. The maximum absolute atomic E-state index is 13.6. The third-order valence-corrected chi connectivity index (χ3v) is 6.05. The van der Waals surface area contributed by atoms with E-state index in [1.807, 2.05) is 0 Å². The Hall–Kier alpha value is -3.17. The SMILES string of the molecule is CCS(=O)(=O)c1cc(C(F)(F)F)ccc1C(=O)Nc1cc(C(F)(F)C(F)(F)F)oc1C(=O)OC. The molecule has 1 aromatic carbocycles. The van der Waals surface area contributed by atoms with Crippen LogP contribution in [0.2, 0.25) is 0 Å². The van der Waals surface area contributed by atoms with E-state index in [0.29, 0.717) is 19.2 Å². The van der Waals surface area contributed by atoms with Gasteiger partial charge in [0.1, 0.15) is 0 Å². The lowest BCUT2D eigenvalue weighted by molar-refractivity contribution is -0.295. The number of nitrogens with one attached hydrogen (secondary N) is 1. The highest BCUT2D eigenvalue weighted by Crippen LogP contribution is 2.46. The number of carbonyl (C=O) groups is 2. The Morgan fingerprint density at radius 1 is 1.03 bits per heavy atom. The summed E-state index contributed by atoms with van der Waals surface area (Å²) in [5.41, 5.74) is -3.41. The van der Waals surface area contributed by atoms with E-state index >= 15 is 0 Å². The number of alkyl halides is 8. The maximum atomic E-state index is 13.6. The first-order valence-corrected chi connectivity index (χ1v) is 10.4. The molecular weight excluding hydrogens is 510 g/mol. The van der Waals surface area contributed by atoms with E-state index in [2.05, 4.69) is 9.15 Å². The summed E-state index contributed by atoms with van der Waals surface area (Å²) in [6, 6.07) is 0.927. The molecule has 1 amide bonds. The molecule has 0 aliphatic rings. The number of methoxy groups -OCH3 is 1. The summed E-state index contributed by atoms with van der Waals surface area (Å²) in [5.74, 6) is -12.9. The lowest BCUT2D eigenvalue weighted by Crippen LogP contribution is -2.33. The molecule has 0 atom stereocenters. The molecule has 188 valence electrons. The fourth-order valence-electron chi connectivity index (χ4n) is 2.51. The molecule has 0 unspecified atom stereocenters. The van der Waals surface area contributed by atoms with Crippen LogP contribution in [0.5, 0.6) is 0 Å². The van der Waals surface area contributed by atoms with Gasteiger partial charge in [-0.15, -0.1) is 0 Å². The Labute approximate surface area is 185 Å². The summed E-state index contributed by atoms with van der Waals surface area (Å²) in [6.45, 7) is 1.06. The minimum Gasteiger partial charge on any atom is -0.463 e. The van der Waals surface area contributed by atoms with Crippen molar-refractivity contribution in [3.63, 3.8) is 0 Å². The summed E-state index contributed by atoms with van der Waals surface area (Å²) in [6.07, 6.45) is -11.1. The molecule has 0 fully saturated rings. The molecule has 0 radical (unpaired) electrons. The molecule has 0 saturated heterocycles. The molecule has 0 spiro atoms. The molecule has 7 nitrogen and oxygen atoms in total.